The highest BCUT2D eigenvalue weighted by atomic mass is 32.1. The number of aromatic nitrogens is 4. The maximum atomic E-state index is 11.8. The molecule has 0 saturated carbocycles. The Morgan fingerprint density at radius 3 is 3.06 bits per heavy atom. The van der Waals surface area contributed by atoms with Crippen LogP contribution in [0.15, 0.2) is 29.8 Å². The Morgan fingerprint density at radius 2 is 2.33 bits per heavy atom. The van der Waals surface area contributed by atoms with E-state index in [1.165, 1.54) is 11.3 Å². The van der Waals surface area contributed by atoms with Crippen LogP contribution in [0.2, 0.25) is 0 Å². The number of aryl methyl sites for hydroxylation is 1. The Bertz CT molecular complexity index is 703. The van der Waals surface area contributed by atoms with Crippen molar-refractivity contribution in [2.24, 2.45) is 0 Å². The van der Waals surface area contributed by atoms with Crippen LogP contribution in [0.1, 0.15) is 16.2 Å². The summed E-state index contributed by atoms with van der Waals surface area (Å²) < 4.78 is 1.69. The fraction of sp³-hybridized carbons (Fsp3) is 0.0909. The highest BCUT2D eigenvalue weighted by Gasteiger charge is 2.12. The van der Waals surface area contributed by atoms with Gasteiger partial charge in [0.2, 0.25) is 4.96 Å². The van der Waals surface area contributed by atoms with Crippen LogP contribution < -0.4 is 5.32 Å². The van der Waals surface area contributed by atoms with Crippen molar-refractivity contribution in [1.29, 1.82) is 0 Å². The average Bonchev–Trinajstić information content (AvgIpc) is 2.93. The van der Waals surface area contributed by atoms with E-state index in [4.69, 9.17) is 0 Å². The molecule has 6 nitrogen and oxygen atoms in total. The molecule has 0 unspecified atom stereocenters. The van der Waals surface area contributed by atoms with Gasteiger partial charge in [-0.15, -0.1) is 16.4 Å². The smallest absolute Gasteiger partial charge is 0.276 e. The number of amides is 1. The Kier molecular flexibility index (Phi) is 2.52. The number of hydrogen-bond acceptors (Lipinski definition) is 5. The molecule has 0 spiro atoms. The molecule has 1 amide bonds. The second-order valence-electron chi connectivity index (χ2n) is 3.68. The first-order valence-corrected chi connectivity index (χ1v) is 6.15. The summed E-state index contributed by atoms with van der Waals surface area (Å²) in [5.41, 5.74) is 1.33. The van der Waals surface area contributed by atoms with Crippen LogP contribution >= 0.6 is 11.3 Å². The number of carbonyl (C=O) groups excluding carboxylic acids is 1. The number of pyridine rings is 1. The zero-order valence-corrected chi connectivity index (χ0v) is 10.3. The van der Waals surface area contributed by atoms with Gasteiger partial charge in [0.1, 0.15) is 5.69 Å². The zero-order valence-electron chi connectivity index (χ0n) is 9.49. The second kappa shape index (κ2) is 4.19. The van der Waals surface area contributed by atoms with E-state index in [-0.39, 0.29) is 5.91 Å². The highest BCUT2D eigenvalue weighted by Crippen LogP contribution is 2.15. The SMILES string of the molecule is Cc1csc2nc(NC(=O)c3ccccn3)nn12. The van der Waals surface area contributed by atoms with Gasteiger partial charge in [-0.2, -0.15) is 4.98 Å². The van der Waals surface area contributed by atoms with Gasteiger partial charge >= 0.3 is 0 Å². The van der Waals surface area contributed by atoms with Crippen LogP contribution in [0.5, 0.6) is 0 Å². The molecule has 3 heterocycles. The summed E-state index contributed by atoms with van der Waals surface area (Å²) in [7, 11) is 0. The van der Waals surface area contributed by atoms with Crippen LogP contribution in [-0.2, 0) is 0 Å². The summed E-state index contributed by atoms with van der Waals surface area (Å²) in [5, 5.41) is 8.78. The Balaban J connectivity index is 1.86. The largest absolute Gasteiger partial charge is 0.288 e. The van der Waals surface area contributed by atoms with Crippen molar-refractivity contribution in [2.45, 2.75) is 6.92 Å². The van der Waals surface area contributed by atoms with Gasteiger partial charge in [-0.1, -0.05) is 6.07 Å². The summed E-state index contributed by atoms with van der Waals surface area (Å²) in [5.74, 6) is -0.0212. The molecule has 0 aliphatic carbocycles. The van der Waals surface area contributed by atoms with Gasteiger partial charge in [0.05, 0.1) is 5.69 Å². The third-order valence-corrected chi connectivity index (χ3v) is 3.30. The molecule has 0 atom stereocenters. The van der Waals surface area contributed by atoms with Crippen LogP contribution in [0.4, 0.5) is 5.95 Å². The van der Waals surface area contributed by atoms with Crippen LogP contribution in [0, 0.1) is 6.92 Å². The van der Waals surface area contributed by atoms with Gasteiger partial charge in [-0.05, 0) is 19.1 Å². The van der Waals surface area contributed by atoms with E-state index in [2.05, 4.69) is 20.4 Å². The molecule has 0 bridgehead atoms. The number of rotatable bonds is 2. The summed E-state index contributed by atoms with van der Waals surface area (Å²) in [6.07, 6.45) is 1.57. The Labute approximate surface area is 106 Å². The summed E-state index contributed by atoms with van der Waals surface area (Å²) in [4.78, 5) is 20.8. The molecule has 3 rings (SSSR count). The lowest BCUT2D eigenvalue weighted by molar-refractivity contribution is 0.102. The zero-order chi connectivity index (χ0) is 12.5. The molecule has 0 radical (unpaired) electrons. The molecule has 18 heavy (non-hydrogen) atoms. The molecular weight excluding hydrogens is 250 g/mol. The number of anilines is 1. The van der Waals surface area contributed by atoms with Gasteiger partial charge in [0, 0.05) is 11.6 Å². The van der Waals surface area contributed by atoms with Crippen LogP contribution in [0.25, 0.3) is 4.96 Å². The normalized spacial score (nSPS) is 10.7. The Hall–Kier alpha value is -2.28. The molecule has 0 aliphatic rings. The lowest BCUT2D eigenvalue weighted by atomic mass is 10.3. The average molecular weight is 259 g/mol. The topological polar surface area (TPSA) is 72.2 Å². The standard InChI is InChI=1S/C11H9N5OS/c1-7-6-18-11-14-10(15-16(7)11)13-9(17)8-4-2-3-5-12-8/h2-6H,1H3,(H,13,15,17). The third kappa shape index (κ3) is 1.84. The molecule has 0 aliphatic heterocycles. The highest BCUT2D eigenvalue weighted by molar-refractivity contribution is 7.15. The fourth-order valence-corrected chi connectivity index (χ4v) is 2.31. The number of nitrogens with one attached hydrogen (secondary N) is 1. The predicted molar refractivity (Wildman–Crippen MR) is 67.8 cm³/mol. The van der Waals surface area contributed by atoms with Crippen molar-refractivity contribution >= 4 is 28.2 Å². The van der Waals surface area contributed by atoms with Crippen LogP contribution in [0.3, 0.4) is 0 Å². The maximum Gasteiger partial charge on any atom is 0.276 e. The summed E-state index contributed by atoms with van der Waals surface area (Å²) in [6.45, 7) is 1.93. The van der Waals surface area contributed by atoms with E-state index in [1.807, 2.05) is 12.3 Å². The van der Waals surface area contributed by atoms with Gasteiger partial charge in [0.25, 0.3) is 11.9 Å². The van der Waals surface area contributed by atoms with E-state index in [1.54, 1.807) is 28.9 Å². The number of hydrogen-bond donors (Lipinski definition) is 1. The third-order valence-electron chi connectivity index (χ3n) is 2.37. The first-order valence-electron chi connectivity index (χ1n) is 5.27. The van der Waals surface area contributed by atoms with Gasteiger partial charge in [-0.25, -0.2) is 4.52 Å². The molecule has 0 fully saturated rings. The minimum absolute atomic E-state index is 0.292. The maximum absolute atomic E-state index is 11.8. The fourth-order valence-electron chi connectivity index (χ4n) is 1.51. The molecular formula is C11H9N5OS. The molecule has 0 saturated heterocycles. The van der Waals surface area contributed by atoms with Gasteiger partial charge < -0.3 is 0 Å². The first kappa shape index (κ1) is 10.8. The van der Waals surface area contributed by atoms with E-state index in [9.17, 15) is 4.79 Å². The summed E-state index contributed by atoms with van der Waals surface area (Å²) in [6, 6.07) is 5.15. The Morgan fingerprint density at radius 1 is 1.44 bits per heavy atom. The first-order chi connectivity index (χ1) is 8.74. The molecule has 90 valence electrons. The lowest BCUT2D eigenvalue weighted by Gasteiger charge is -1.98. The molecule has 7 heteroatoms. The van der Waals surface area contributed by atoms with Crippen molar-refractivity contribution in [3.05, 3.63) is 41.2 Å². The minimum Gasteiger partial charge on any atom is -0.288 e. The summed E-state index contributed by atoms with van der Waals surface area (Å²) >= 11 is 1.48. The van der Waals surface area contributed by atoms with Crippen molar-refractivity contribution in [3.63, 3.8) is 0 Å². The van der Waals surface area contributed by atoms with Gasteiger partial charge in [0.15, 0.2) is 0 Å². The second-order valence-corrected chi connectivity index (χ2v) is 4.51. The van der Waals surface area contributed by atoms with Crippen LogP contribution in [-0.4, -0.2) is 25.5 Å². The molecule has 3 aromatic heterocycles. The van der Waals surface area contributed by atoms with Gasteiger partial charge in [-0.3, -0.25) is 15.1 Å². The quantitative estimate of drug-likeness (QED) is 0.761. The van der Waals surface area contributed by atoms with Crippen molar-refractivity contribution in [1.82, 2.24) is 19.6 Å². The number of fused-ring (bicyclic) bond motifs is 1. The van der Waals surface area contributed by atoms with Crippen molar-refractivity contribution < 1.29 is 4.79 Å². The lowest BCUT2D eigenvalue weighted by Crippen LogP contribution is -2.14. The van der Waals surface area contributed by atoms with Crippen molar-refractivity contribution in [2.75, 3.05) is 5.32 Å². The number of nitrogens with zero attached hydrogens (tertiary/aromatic N) is 4. The van der Waals surface area contributed by atoms with E-state index >= 15 is 0 Å². The van der Waals surface area contributed by atoms with Crippen molar-refractivity contribution in [3.8, 4) is 0 Å². The van der Waals surface area contributed by atoms with E-state index < -0.39 is 0 Å². The molecule has 3 aromatic rings. The number of carbonyl (C=O) groups is 1. The minimum atomic E-state index is -0.313. The molecule has 0 aromatic carbocycles. The molecule has 1 N–H and O–H groups in total. The number of thiazole rings is 1. The van der Waals surface area contributed by atoms with E-state index in [0.717, 1.165) is 10.7 Å². The predicted octanol–water partition coefficient (Wildman–Crippen LogP) is 1.75. The monoisotopic (exact) mass is 259 g/mol. The van der Waals surface area contributed by atoms with E-state index in [0.29, 0.717) is 11.6 Å².